The average Bonchev–Trinajstić information content (AvgIpc) is 2.38. The Morgan fingerprint density at radius 2 is 1.74 bits per heavy atom. The number of ether oxygens (including phenoxy) is 3. The molecule has 1 amide bonds. The first-order valence-corrected chi connectivity index (χ1v) is 6.64. The third-order valence-electron chi connectivity index (χ3n) is 2.45. The first kappa shape index (κ1) is 17.7. The summed E-state index contributed by atoms with van der Waals surface area (Å²) in [5.74, 6) is -0.414. The van der Waals surface area contributed by atoms with E-state index in [0.717, 1.165) is 25.7 Å². The van der Waals surface area contributed by atoms with Crippen LogP contribution in [0.2, 0.25) is 0 Å². The molecule has 0 spiro atoms. The fraction of sp³-hybridized carbons (Fsp3) is 0.846. The van der Waals surface area contributed by atoms with Crippen LogP contribution in [0.5, 0.6) is 0 Å². The number of carbonyl (C=O) groups is 2. The molecular weight excluding hydrogens is 250 g/mol. The minimum Gasteiger partial charge on any atom is -0.464 e. The summed E-state index contributed by atoms with van der Waals surface area (Å²) in [6, 6.07) is 0. The molecule has 6 nitrogen and oxygen atoms in total. The zero-order chi connectivity index (χ0) is 14.5. The molecule has 0 fully saturated rings. The Labute approximate surface area is 115 Å². The van der Waals surface area contributed by atoms with E-state index >= 15 is 0 Å². The van der Waals surface area contributed by atoms with Crippen LogP contribution in [0.1, 0.15) is 32.6 Å². The van der Waals surface area contributed by atoms with E-state index in [1.807, 2.05) is 0 Å². The molecule has 0 rings (SSSR count). The highest BCUT2D eigenvalue weighted by Crippen LogP contribution is 1.99. The predicted octanol–water partition coefficient (Wildman–Crippen LogP) is 1.82. The summed E-state index contributed by atoms with van der Waals surface area (Å²) in [6.07, 6.45) is 3.65. The summed E-state index contributed by atoms with van der Waals surface area (Å²) < 4.78 is 14.6. The number of nitrogens with zero attached hydrogens (tertiary/aromatic N) is 1. The van der Waals surface area contributed by atoms with Crippen molar-refractivity contribution in [3.8, 4) is 0 Å². The van der Waals surface area contributed by atoms with Gasteiger partial charge in [-0.2, -0.15) is 0 Å². The summed E-state index contributed by atoms with van der Waals surface area (Å²) in [5, 5.41) is 0. The van der Waals surface area contributed by atoms with Gasteiger partial charge in [0.25, 0.3) is 0 Å². The molecule has 0 aliphatic rings. The van der Waals surface area contributed by atoms with Crippen LogP contribution in [0.3, 0.4) is 0 Å². The highest BCUT2D eigenvalue weighted by molar-refractivity contribution is 5.77. The van der Waals surface area contributed by atoms with Crippen molar-refractivity contribution in [2.24, 2.45) is 0 Å². The molecule has 0 aromatic heterocycles. The highest BCUT2D eigenvalue weighted by atomic mass is 16.6. The minimum atomic E-state index is -0.556. The third kappa shape index (κ3) is 10.3. The van der Waals surface area contributed by atoms with Crippen molar-refractivity contribution in [3.05, 3.63) is 0 Å². The molecule has 0 radical (unpaired) electrons. The normalized spacial score (nSPS) is 10.1. The fourth-order valence-corrected chi connectivity index (χ4v) is 1.34. The Balaban J connectivity index is 3.64. The van der Waals surface area contributed by atoms with Crippen LogP contribution < -0.4 is 0 Å². The number of methoxy groups -OCH3 is 1. The van der Waals surface area contributed by atoms with E-state index in [-0.39, 0.29) is 13.2 Å². The summed E-state index contributed by atoms with van der Waals surface area (Å²) >= 11 is 0. The summed E-state index contributed by atoms with van der Waals surface area (Å²) in [4.78, 5) is 24.0. The summed E-state index contributed by atoms with van der Waals surface area (Å²) in [5.41, 5.74) is 0. The van der Waals surface area contributed by atoms with E-state index in [1.165, 1.54) is 19.1 Å². The van der Waals surface area contributed by atoms with Crippen LogP contribution in [0.25, 0.3) is 0 Å². The van der Waals surface area contributed by atoms with Crippen molar-refractivity contribution in [2.45, 2.75) is 32.6 Å². The van der Waals surface area contributed by atoms with Gasteiger partial charge in [0.2, 0.25) is 0 Å². The van der Waals surface area contributed by atoms with Gasteiger partial charge in [-0.15, -0.1) is 0 Å². The van der Waals surface area contributed by atoms with Gasteiger partial charge >= 0.3 is 12.1 Å². The van der Waals surface area contributed by atoms with Crippen molar-refractivity contribution in [3.63, 3.8) is 0 Å². The Hall–Kier alpha value is -1.30. The van der Waals surface area contributed by atoms with E-state index in [4.69, 9.17) is 14.2 Å². The lowest BCUT2D eigenvalue weighted by molar-refractivity contribution is -0.144. The van der Waals surface area contributed by atoms with Gasteiger partial charge in [0.1, 0.15) is 13.2 Å². The number of likely N-dealkylation sites (N-methyl/N-ethyl adjacent to an activating group) is 1. The van der Waals surface area contributed by atoms with Gasteiger partial charge in [-0.1, -0.05) is 26.2 Å². The molecule has 0 aliphatic heterocycles. The fourth-order valence-electron chi connectivity index (χ4n) is 1.34. The molecule has 112 valence electrons. The Morgan fingerprint density at radius 3 is 2.37 bits per heavy atom. The molecule has 0 aliphatic carbocycles. The Morgan fingerprint density at radius 1 is 1.00 bits per heavy atom. The number of unbranched alkanes of at least 4 members (excludes halogenated alkanes) is 3. The van der Waals surface area contributed by atoms with Gasteiger partial charge in [-0.05, 0) is 6.42 Å². The second-order valence-electron chi connectivity index (χ2n) is 4.24. The molecule has 0 heterocycles. The molecule has 0 atom stereocenters. The number of rotatable bonds is 10. The van der Waals surface area contributed by atoms with Crippen molar-refractivity contribution in [1.29, 1.82) is 0 Å². The zero-order valence-corrected chi connectivity index (χ0v) is 12.1. The zero-order valence-electron chi connectivity index (χ0n) is 12.1. The van der Waals surface area contributed by atoms with Gasteiger partial charge in [0, 0.05) is 14.2 Å². The molecule has 0 saturated heterocycles. The average molecular weight is 275 g/mol. The van der Waals surface area contributed by atoms with Crippen LogP contribution in [-0.2, 0) is 19.0 Å². The molecule has 0 unspecified atom stereocenters. The monoisotopic (exact) mass is 275 g/mol. The number of hydrogen-bond donors (Lipinski definition) is 0. The molecule has 0 bridgehead atoms. The number of amides is 1. The number of hydrogen-bond acceptors (Lipinski definition) is 5. The van der Waals surface area contributed by atoms with E-state index < -0.39 is 12.1 Å². The lowest BCUT2D eigenvalue weighted by Crippen LogP contribution is -2.34. The predicted molar refractivity (Wildman–Crippen MR) is 71.0 cm³/mol. The third-order valence-corrected chi connectivity index (χ3v) is 2.45. The topological polar surface area (TPSA) is 65.1 Å². The quantitative estimate of drug-likeness (QED) is 0.449. The van der Waals surface area contributed by atoms with E-state index in [0.29, 0.717) is 13.2 Å². The van der Waals surface area contributed by atoms with Crippen LogP contribution in [-0.4, -0.2) is 57.5 Å². The van der Waals surface area contributed by atoms with Gasteiger partial charge in [0.15, 0.2) is 0 Å². The van der Waals surface area contributed by atoms with Crippen LogP contribution >= 0.6 is 0 Å². The van der Waals surface area contributed by atoms with Crippen molar-refractivity contribution in [1.82, 2.24) is 4.90 Å². The van der Waals surface area contributed by atoms with Crippen LogP contribution in [0.15, 0.2) is 0 Å². The molecule has 19 heavy (non-hydrogen) atoms. The van der Waals surface area contributed by atoms with Gasteiger partial charge in [0.05, 0.1) is 13.2 Å². The Bertz CT molecular complexity index is 257. The summed E-state index contributed by atoms with van der Waals surface area (Å²) in [7, 11) is 3.01. The maximum Gasteiger partial charge on any atom is 0.410 e. The van der Waals surface area contributed by atoms with Gasteiger partial charge in [-0.25, -0.2) is 4.79 Å². The lowest BCUT2D eigenvalue weighted by atomic mass is 10.2. The lowest BCUT2D eigenvalue weighted by Gasteiger charge is -2.16. The standard InChI is InChI=1S/C13H25NO5/c1-4-5-6-7-8-18-12(15)11-14(2)13(16)19-10-9-17-3/h4-11H2,1-3H3. The van der Waals surface area contributed by atoms with Crippen LogP contribution in [0, 0.1) is 0 Å². The van der Waals surface area contributed by atoms with Gasteiger partial charge < -0.3 is 19.1 Å². The molecule has 0 aromatic rings. The number of esters is 1. The minimum absolute atomic E-state index is 0.0976. The van der Waals surface area contributed by atoms with Crippen molar-refractivity contribution < 1.29 is 23.8 Å². The second kappa shape index (κ2) is 11.8. The first-order valence-electron chi connectivity index (χ1n) is 6.64. The number of carbonyl (C=O) groups excluding carboxylic acids is 2. The highest BCUT2D eigenvalue weighted by Gasteiger charge is 2.14. The SMILES string of the molecule is CCCCCCOC(=O)CN(C)C(=O)OCCOC. The first-order chi connectivity index (χ1) is 9.11. The Kier molecular flexibility index (Phi) is 11.0. The molecule has 0 N–H and O–H groups in total. The maximum atomic E-state index is 11.4. The smallest absolute Gasteiger partial charge is 0.410 e. The van der Waals surface area contributed by atoms with Crippen LogP contribution in [0.4, 0.5) is 4.79 Å². The second-order valence-corrected chi connectivity index (χ2v) is 4.24. The van der Waals surface area contributed by atoms with E-state index in [9.17, 15) is 9.59 Å². The van der Waals surface area contributed by atoms with E-state index in [1.54, 1.807) is 0 Å². The summed E-state index contributed by atoms with van der Waals surface area (Å²) in [6.45, 7) is 2.94. The van der Waals surface area contributed by atoms with Gasteiger partial charge in [-0.3, -0.25) is 4.79 Å². The van der Waals surface area contributed by atoms with Crippen molar-refractivity contribution in [2.75, 3.05) is 40.5 Å². The molecule has 0 saturated carbocycles. The maximum absolute atomic E-state index is 11.4. The largest absolute Gasteiger partial charge is 0.464 e. The molecule has 6 heteroatoms. The molecule has 0 aromatic carbocycles. The molecular formula is C13H25NO5. The van der Waals surface area contributed by atoms with Crippen molar-refractivity contribution >= 4 is 12.1 Å². The van der Waals surface area contributed by atoms with E-state index in [2.05, 4.69) is 6.92 Å².